The van der Waals surface area contributed by atoms with Crippen LogP contribution in [0.5, 0.6) is 0 Å². The summed E-state index contributed by atoms with van der Waals surface area (Å²) in [4.78, 5) is 0. The van der Waals surface area contributed by atoms with Crippen LogP contribution < -0.4 is 0 Å². The molecule has 0 unspecified atom stereocenters. The maximum atomic E-state index is 12.7. The molecule has 0 N–H and O–H groups in total. The summed E-state index contributed by atoms with van der Waals surface area (Å²) in [5, 5.41) is 0. The first-order chi connectivity index (χ1) is 5.27. The minimum absolute atomic E-state index is 0.111. The third-order valence-electron chi connectivity index (χ3n) is 1.64. The Bertz CT molecular complexity index is 283. The molecule has 0 spiro atoms. The number of hydrogen-bond acceptors (Lipinski definition) is 1. The van der Waals surface area contributed by atoms with Crippen LogP contribution in [0.25, 0.3) is 0 Å². The molecular formula is C8H6BrFO. The van der Waals surface area contributed by atoms with Crippen molar-refractivity contribution in [1.82, 2.24) is 0 Å². The third-order valence-corrected chi connectivity index (χ3v) is 2.36. The van der Waals surface area contributed by atoms with Crippen LogP contribution in [0.4, 0.5) is 4.39 Å². The van der Waals surface area contributed by atoms with E-state index in [0.717, 1.165) is 10.0 Å². The van der Waals surface area contributed by atoms with Gasteiger partial charge in [-0.15, -0.1) is 0 Å². The molecule has 0 saturated carbocycles. The molecule has 1 fully saturated rings. The van der Waals surface area contributed by atoms with Crippen molar-refractivity contribution in [1.29, 1.82) is 0 Å². The molecule has 1 nitrogen and oxygen atoms in total. The second kappa shape index (κ2) is 2.57. The molecule has 0 aliphatic carbocycles. The average molecular weight is 217 g/mol. The summed E-state index contributed by atoms with van der Waals surface area (Å²) >= 11 is 3.32. The van der Waals surface area contributed by atoms with E-state index >= 15 is 0 Å². The molecule has 1 atom stereocenters. The average Bonchev–Trinajstić information content (AvgIpc) is 2.76. The van der Waals surface area contributed by atoms with E-state index in [9.17, 15) is 4.39 Å². The molecule has 3 heteroatoms. The first kappa shape index (κ1) is 7.25. The molecule has 0 aromatic heterocycles. The van der Waals surface area contributed by atoms with E-state index in [-0.39, 0.29) is 11.9 Å². The first-order valence-electron chi connectivity index (χ1n) is 3.34. The van der Waals surface area contributed by atoms with E-state index < -0.39 is 0 Å². The van der Waals surface area contributed by atoms with Crippen LogP contribution in [-0.4, -0.2) is 6.61 Å². The zero-order chi connectivity index (χ0) is 7.84. The maximum Gasteiger partial charge on any atom is 0.123 e. The number of halogens is 2. The summed E-state index contributed by atoms with van der Waals surface area (Å²) in [6.45, 7) is 0.710. The van der Waals surface area contributed by atoms with Crippen molar-refractivity contribution >= 4 is 15.9 Å². The molecule has 1 aliphatic rings. The second-order valence-electron chi connectivity index (χ2n) is 2.49. The SMILES string of the molecule is Fc1ccc(Br)c([C@H]2CO2)c1. The van der Waals surface area contributed by atoms with Crippen LogP contribution in [-0.2, 0) is 4.74 Å². The highest BCUT2D eigenvalue weighted by atomic mass is 79.9. The Hall–Kier alpha value is -0.410. The zero-order valence-corrected chi connectivity index (χ0v) is 7.27. The summed E-state index contributed by atoms with van der Waals surface area (Å²) in [6.07, 6.45) is 0.111. The van der Waals surface area contributed by atoms with Crippen LogP contribution >= 0.6 is 15.9 Å². The van der Waals surface area contributed by atoms with Crippen molar-refractivity contribution in [2.75, 3.05) is 6.61 Å². The van der Waals surface area contributed by atoms with E-state index in [1.807, 2.05) is 0 Å². The van der Waals surface area contributed by atoms with Gasteiger partial charge < -0.3 is 4.74 Å². The lowest BCUT2D eigenvalue weighted by molar-refractivity contribution is 0.414. The fourth-order valence-corrected chi connectivity index (χ4v) is 1.49. The highest BCUT2D eigenvalue weighted by Crippen LogP contribution is 2.34. The van der Waals surface area contributed by atoms with E-state index in [1.165, 1.54) is 12.1 Å². The van der Waals surface area contributed by atoms with Gasteiger partial charge in [-0.2, -0.15) is 0 Å². The summed E-state index contributed by atoms with van der Waals surface area (Å²) < 4.78 is 18.6. The molecule has 11 heavy (non-hydrogen) atoms. The second-order valence-corrected chi connectivity index (χ2v) is 3.34. The Kier molecular flexibility index (Phi) is 1.69. The molecule has 0 bridgehead atoms. The normalized spacial score (nSPS) is 21.8. The lowest BCUT2D eigenvalue weighted by atomic mass is 10.2. The van der Waals surface area contributed by atoms with Crippen molar-refractivity contribution in [2.24, 2.45) is 0 Å². The third kappa shape index (κ3) is 1.44. The van der Waals surface area contributed by atoms with Gasteiger partial charge in [-0.25, -0.2) is 4.39 Å². The van der Waals surface area contributed by atoms with Crippen molar-refractivity contribution < 1.29 is 9.13 Å². The molecule has 1 aromatic rings. The van der Waals surface area contributed by atoms with Gasteiger partial charge in [-0.1, -0.05) is 15.9 Å². The van der Waals surface area contributed by atoms with E-state index in [1.54, 1.807) is 6.07 Å². The highest BCUT2D eigenvalue weighted by molar-refractivity contribution is 9.10. The Balaban J connectivity index is 2.42. The fraction of sp³-hybridized carbons (Fsp3) is 0.250. The molecule has 1 aliphatic heterocycles. The van der Waals surface area contributed by atoms with Gasteiger partial charge in [-0.3, -0.25) is 0 Å². The number of rotatable bonds is 1. The molecular weight excluding hydrogens is 211 g/mol. The molecule has 0 radical (unpaired) electrons. The van der Waals surface area contributed by atoms with E-state index in [0.29, 0.717) is 6.61 Å². The van der Waals surface area contributed by atoms with Gasteiger partial charge in [0.25, 0.3) is 0 Å². The van der Waals surface area contributed by atoms with E-state index in [2.05, 4.69) is 15.9 Å². The van der Waals surface area contributed by atoms with Gasteiger partial charge >= 0.3 is 0 Å². The Morgan fingerprint density at radius 3 is 2.91 bits per heavy atom. The van der Waals surface area contributed by atoms with Crippen LogP contribution in [0.1, 0.15) is 11.7 Å². The quantitative estimate of drug-likeness (QED) is 0.658. The van der Waals surface area contributed by atoms with Crippen molar-refractivity contribution in [2.45, 2.75) is 6.10 Å². The smallest absolute Gasteiger partial charge is 0.123 e. The van der Waals surface area contributed by atoms with Gasteiger partial charge in [0.2, 0.25) is 0 Å². The standard InChI is InChI=1S/C8H6BrFO/c9-7-2-1-5(10)3-6(7)8-4-11-8/h1-3,8H,4H2/t8-/m1/s1. The number of benzene rings is 1. The van der Waals surface area contributed by atoms with Gasteiger partial charge in [0.05, 0.1) is 6.61 Å². The lowest BCUT2D eigenvalue weighted by Gasteiger charge is -1.98. The van der Waals surface area contributed by atoms with Crippen LogP contribution in [0.2, 0.25) is 0 Å². The predicted octanol–water partition coefficient (Wildman–Crippen LogP) is 2.66. The number of epoxide rings is 1. The summed E-state index contributed by atoms with van der Waals surface area (Å²) in [5.74, 6) is -0.210. The first-order valence-corrected chi connectivity index (χ1v) is 4.13. The monoisotopic (exact) mass is 216 g/mol. The van der Waals surface area contributed by atoms with E-state index in [4.69, 9.17) is 4.74 Å². The fourth-order valence-electron chi connectivity index (χ4n) is 0.989. The Morgan fingerprint density at radius 2 is 2.27 bits per heavy atom. The van der Waals surface area contributed by atoms with Gasteiger partial charge in [0, 0.05) is 10.0 Å². The number of hydrogen-bond donors (Lipinski definition) is 0. The predicted molar refractivity (Wildman–Crippen MR) is 42.8 cm³/mol. The highest BCUT2D eigenvalue weighted by Gasteiger charge is 2.26. The molecule has 1 aromatic carbocycles. The summed E-state index contributed by atoms with van der Waals surface area (Å²) in [5.41, 5.74) is 0.907. The van der Waals surface area contributed by atoms with Crippen molar-refractivity contribution in [3.05, 3.63) is 34.1 Å². The maximum absolute atomic E-state index is 12.7. The Morgan fingerprint density at radius 1 is 1.55 bits per heavy atom. The Labute approximate surface area is 72.3 Å². The minimum Gasteiger partial charge on any atom is -0.368 e. The van der Waals surface area contributed by atoms with Gasteiger partial charge in [0.15, 0.2) is 0 Å². The molecule has 0 amide bonds. The van der Waals surface area contributed by atoms with Gasteiger partial charge in [0.1, 0.15) is 11.9 Å². The largest absolute Gasteiger partial charge is 0.368 e. The molecule has 58 valence electrons. The van der Waals surface area contributed by atoms with Crippen molar-refractivity contribution in [3.8, 4) is 0 Å². The van der Waals surface area contributed by atoms with Gasteiger partial charge in [-0.05, 0) is 18.2 Å². The summed E-state index contributed by atoms with van der Waals surface area (Å²) in [6, 6.07) is 4.63. The van der Waals surface area contributed by atoms with Crippen LogP contribution in [0, 0.1) is 5.82 Å². The topological polar surface area (TPSA) is 12.5 Å². The van der Waals surface area contributed by atoms with Crippen LogP contribution in [0.15, 0.2) is 22.7 Å². The molecule has 1 heterocycles. The molecule has 2 rings (SSSR count). The number of ether oxygens (including phenoxy) is 1. The van der Waals surface area contributed by atoms with Crippen LogP contribution in [0.3, 0.4) is 0 Å². The van der Waals surface area contributed by atoms with Crippen molar-refractivity contribution in [3.63, 3.8) is 0 Å². The zero-order valence-electron chi connectivity index (χ0n) is 5.68. The molecule has 1 saturated heterocycles. The minimum atomic E-state index is -0.210. The summed E-state index contributed by atoms with van der Waals surface area (Å²) in [7, 11) is 0. The lowest BCUT2D eigenvalue weighted by Crippen LogP contribution is -1.84.